The Morgan fingerprint density at radius 3 is 2.43 bits per heavy atom. The number of carbonyl (C=O) groups excluding carboxylic acids is 2. The number of amides is 2. The van der Waals surface area contributed by atoms with E-state index in [0.29, 0.717) is 26.0 Å². The van der Waals surface area contributed by atoms with E-state index in [0.717, 1.165) is 5.56 Å². The van der Waals surface area contributed by atoms with E-state index in [1.54, 1.807) is 0 Å². The Bertz CT molecular complexity index is 452. The number of carbonyl (C=O) groups is 2. The van der Waals surface area contributed by atoms with Gasteiger partial charge in [-0.1, -0.05) is 51.1 Å². The highest BCUT2D eigenvalue weighted by atomic mass is 16.6. The zero-order valence-corrected chi connectivity index (χ0v) is 12.9. The second kappa shape index (κ2) is 8.42. The van der Waals surface area contributed by atoms with Crippen LogP contribution in [-0.2, 0) is 21.0 Å². The van der Waals surface area contributed by atoms with Gasteiger partial charge in [0.2, 0.25) is 11.8 Å². The third kappa shape index (κ3) is 7.46. The largest absolute Gasteiger partial charge is 0.356 e. The number of nitrogens with one attached hydrogen (secondary N) is 2. The van der Waals surface area contributed by atoms with Gasteiger partial charge in [-0.2, -0.15) is 0 Å². The van der Waals surface area contributed by atoms with Crippen molar-refractivity contribution in [1.29, 1.82) is 0 Å². The van der Waals surface area contributed by atoms with Crippen molar-refractivity contribution in [2.45, 2.75) is 40.2 Å². The molecule has 0 unspecified atom stereocenters. The molecule has 0 aliphatic heterocycles. The molecule has 0 heterocycles. The maximum atomic E-state index is 11.6. The zero-order chi connectivity index (χ0) is 15.7. The third-order valence-electron chi connectivity index (χ3n) is 2.82. The molecule has 0 aliphatic carbocycles. The van der Waals surface area contributed by atoms with Crippen LogP contribution in [0.4, 0.5) is 0 Å². The Morgan fingerprint density at radius 2 is 1.81 bits per heavy atom. The molecule has 5 nitrogen and oxygen atoms in total. The lowest BCUT2D eigenvalue weighted by Gasteiger charge is -2.17. The average molecular weight is 292 g/mol. The van der Waals surface area contributed by atoms with Crippen LogP contribution in [-0.4, -0.2) is 18.4 Å². The Morgan fingerprint density at radius 1 is 1.14 bits per heavy atom. The van der Waals surface area contributed by atoms with Gasteiger partial charge >= 0.3 is 0 Å². The molecule has 0 saturated heterocycles. The van der Waals surface area contributed by atoms with Crippen molar-refractivity contribution in [1.82, 2.24) is 10.8 Å². The van der Waals surface area contributed by atoms with Crippen LogP contribution >= 0.6 is 0 Å². The summed E-state index contributed by atoms with van der Waals surface area (Å²) in [7, 11) is 0. The quantitative estimate of drug-likeness (QED) is 0.598. The van der Waals surface area contributed by atoms with Gasteiger partial charge in [0.1, 0.15) is 0 Å². The van der Waals surface area contributed by atoms with Crippen LogP contribution in [0.3, 0.4) is 0 Å². The van der Waals surface area contributed by atoms with Crippen molar-refractivity contribution in [3.63, 3.8) is 0 Å². The lowest BCUT2D eigenvalue weighted by molar-refractivity contribution is -0.135. The molecule has 2 N–H and O–H groups in total. The number of hydroxylamine groups is 1. The maximum Gasteiger partial charge on any atom is 0.243 e. The van der Waals surface area contributed by atoms with Crippen LogP contribution in [0.2, 0.25) is 0 Å². The topological polar surface area (TPSA) is 67.4 Å². The van der Waals surface area contributed by atoms with Crippen LogP contribution in [0.15, 0.2) is 30.3 Å². The predicted octanol–water partition coefficient (Wildman–Crippen LogP) is 2.18. The Hall–Kier alpha value is -1.88. The molecule has 0 fully saturated rings. The van der Waals surface area contributed by atoms with Gasteiger partial charge in [0, 0.05) is 18.4 Å². The first-order valence-electron chi connectivity index (χ1n) is 7.12. The standard InChI is InChI=1S/C16H24N2O3/c1-16(2,3)15(20)17-11-7-10-14(19)18-21-12-13-8-5-4-6-9-13/h4-6,8-9H,7,10-12H2,1-3H3,(H,17,20)(H,18,19). The lowest BCUT2D eigenvalue weighted by atomic mass is 9.96. The number of hydrogen-bond donors (Lipinski definition) is 2. The molecular formula is C16H24N2O3. The van der Waals surface area contributed by atoms with Gasteiger partial charge in [-0.05, 0) is 12.0 Å². The first kappa shape index (κ1) is 17.2. The molecule has 0 atom stereocenters. The summed E-state index contributed by atoms with van der Waals surface area (Å²) < 4.78 is 0. The fourth-order valence-corrected chi connectivity index (χ4v) is 1.54. The van der Waals surface area contributed by atoms with Crippen LogP contribution < -0.4 is 10.8 Å². The summed E-state index contributed by atoms with van der Waals surface area (Å²) in [6, 6.07) is 9.60. The fraction of sp³-hybridized carbons (Fsp3) is 0.500. The summed E-state index contributed by atoms with van der Waals surface area (Å²) in [5.74, 6) is -0.195. The van der Waals surface area contributed by atoms with E-state index in [2.05, 4.69) is 10.8 Å². The van der Waals surface area contributed by atoms with Gasteiger partial charge in [0.15, 0.2) is 0 Å². The van der Waals surface area contributed by atoms with E-state index < -0.39 is 5.41 Å². The molecule has 0 aliphatic rings. The smallest absolute Gasteiger partial charge is 0.243 e. The molecular weight excluding hydrogens is 268 g/mol. The number of rotatable bonds is 7. The molecule has 21 heavy (non-hydrogen) atoms. The van der Waals surface area contributed by atoms with E-state index >= 15 is 0 Å². The van der Waals surface area contributed by atoms with Crippen LogP contribution in [0, 0.1) is 5.41 Å². The highest BCUT2D eigenvalue weighted by molar-refractivity contribution is 5.81. The van der Waals surface area contributed by atoms with E-state index in [4.69, 9.17) is 4.84 Å². The van der Waals surface area contributed by atoms with Gasteiger partial charge in [-0.3, -0.25) is 14.4 Å². The summed E-state index contributed by atoms with van der Waals surface area (Å²) in [5.41, 5.74) is 2.99. The van der Waals surface area contributed by atoms with Crippen LogP contribution in [0.1, 0.15) is 39.2 Å². The van der Waals surface area contributed by atoms with Crippen molar-refractivity contribution in [2.24, 2.45) is 5.41 Å². The normalized spacial score (nSPS) is 11.0. The summed E-state index contributed by atoms with van der Waals surface area (Å²) >= 11 is 0. The SMILES string of the molecule is CC(C)(C)C(=O)NCCCC(=O)NOCc1ccccc1. The van der Waals surface area contributed by atoms with Crippen molar-refractivity contribution in [2.75, 3.05) is 6.54 Å². The average Bonchev–Trinajstić information content (AvgIpc) is 2.43. The predicted molar refractivity (Wildman–Crippen MR) is 81.1 cm³/mol. The Labute approximate surface area is 126 Å². The molecule has 1 rings (SSSR count). The Balaban J connectivity index is 2.08. The van der Waals surface area contributed by atoms with E-state index in [1.165, 1.54) is 0 Å². The second-order valence-electron chi connectivity index (χ2n) is 5.91. The van der Waals surface area contributed by atoms with Crippen molar-refractivity contribution in [3.05, 3.63) is 35.9 Å². The minimum atomic E-state index is -0.402. The number of benzene rings is 1. The summed E-state index contributed by atoms with van der Waals surface area (Å²) in [5, 5.41) is 2.80. The molecule has 0 radical (unpaired) electrons. The maximum absolute atomic E-state index is 11.6. The van der Waals surface area contributed by atoms with E-state index in [-0.39, 0.29) is 11.8 Å². The summed E-state index contributed by atoms with van der Waals surface area (Å²) in [6.45, 7) is 6.39. The minimum absolute atomic E-state index is 0.0109. The monoisotopic (exact) mass is 292 g/mol. The lowest BCUT2D eigenvalue weighted by Crippen LogP contribution is -2.35. The highest BCUT2D eigenvalue weighted by Gasteiger charge is 2.20. The molecule has 116 valence electrons. The van der Waals surface area contributed by atoms with Crippen molar-refractivity contribution < 1.29 is 14.4 Å². The third-order valence-corrected chi connectivity index (χ3v) is 2.82. The highest BCUT2D eigenvalue weighted by Crippen LogP contribution is 2.12. The summed E-state index contributed by atoms with van der Waals surface area (Å²) in [6.07, 6.45) is 0.904. The van der Waals surface area contributed by atoms with Crippen LogP contribution in [0.5, 0.6) is 0 Å². The molecule has 5 heteroatoms. The molecule has 1 aromatic carbocycles. The molecule has 0 saturated carbocycles. The summed E-state index contributed by atoms with van der Waals surface area (Å²) in [4.78, 5) is 28.3. The molecule has 2 amide bonds. The molecule has 0 bridgehead atoms. The molecule has 0 spiro atoms. The van der Waals surface area contributed by atoms with E-state index in [1.807, 2.05) is 51.1 Å². The van der Waals surface area contributed by atoms with Gasteiger partial charge in [-0.25, -0.2) is 5.48 Å². The first-order valence-corrected chi connectivity index (χ1v) is 7.12. The van der Waals surface area contributed by atoms with Gasteiger partial charge in [-0.15, -0.1) is 0 Å². The number of hydrogen-bond acceptors (Lipinski definition) is 3. The zero-order valence-electron chi connectivity index (χ0n) is 12.9. The first-order chi connectivity index (χ1) is 9.89. The van der Waals surface area contributed by atoms with Crippen molar-refractivity contribution >= 4 is 11.8 Å². The van der Waals surface area contributed by atoms with Crippen LogP contribution in [0.25, 0.3) is 0 Å². The van der Waals surface area contributed by atoms with Gasteiger partial charge in [0.05, 0.1) is 6.61 Å². The Kier molecular flexibility index (Phi) is 6.88. The van der Waals surface area contributed by atoms with Crippen molar-refractivity contribution in [3.8, 4) is 0 Å². The molecule has 0 aromatic heterocycles. The second-order valence-corrected chi connectivity index (χ2v) is 5.91. The minimum Gasteiger partial charge on any atom is -0.356 e. The van der Waals surface area contributed by atoms with Gasteiger partial charge in [0.25, 0.3) is 0 Å². The van der Waals surface area contributed by atoms with Gasteiger partial charge < -0.3 is 5.32 Å². The molecule has 1 aromatic rings. The van der Waals surface area contributed by atoms with E-state index in [9.17, 15) is 9.59 Å². The fourth-order valence-electron chi connectivity index (χ4n) is 1.54.